The van der Waals surface area contributed by atoms with Crippen molar-refractivity contribution in [1.29, 1.82) is 0 Å². The molecule has 0 N–H and O–H groups in total. The van der Waals surface area contributed by atoms with Crippen LogP contribution in [-0.4, -0.2) is 29.6 Å². The molecule has 0 aliphatic heterocycles. The molecule has 0 aromatic heterocycles. The molecule has 0 amide bonds. The van der Waals surface area contributed by atoms with E-state index in [4.69, 9.17) is 0 Å². The van der Waals surface area contributed by atoms with Crippen LogP contribution in [0.5, 0.6) is 0 Å². The van der Waals surface area contributed by atoms with Crippen LogP contribution in [0.2, 0.25) is 0 Å². The minimum atomic E-state index is 0. The van der Waals surface area contributed by atoms with Crippen molar-refractivity contribution < 1.29 is 0 Å². The van der Waals surface area contributed by atoms with Crippen LogP contribution in [0.15, 0.2) is 42.5 Å². The Kier molecular flexibility index (Phi) is 3.13. The fourth-order valence-corrected chi connectivity index (χ4v) is 1.07. The molecule has 0 nitrogen and oxygen atoms in total. The molecular weight excluding hydrogens is 143 g/mol. The summed E-state index contributed by atoms with van der Waals surface area (Å²) in [6.45, 7) is 0. The Morgan fingerprint density at radius 1 is 0.909 bits per heavy atom. The van der Waals surface area contributed by atoms with E-state index in [0.29, 0.717) is 0 Å². The summed E-state index contributed by atoms with van der Waals surface area (Å²) in [5, 5.41) is 2.53. The van der Waals surface area contributed by atoms with Crippen LogP contribution in [0.3, 0.4) is 0 Å². The topological polar surface area (TPSA) is 0 Å². The standard InChI is InChI=1S/C10H7.Na.H/c1-2-6-10-8-4-3-7-9(10)5-1;;/h1-3,5-8H;;. The fraction of sp³-hybridized carbons (Fsp3) is 0. The van der Waals surface area contributed by atoms with E-state index in [9.17, 15) is 0 Å². The summed E-state index contributed by atoms with van der Waals surface area (Å²) in [7, 11) is 0. The van der Waals surface area contributed by atoms with Gasteiger partial charge in [0.1, 0.15) is 0 Å². The van der Waals surface area contributed by atoms with Crippen molar-refractivity contribution in [3.63, 3.8) is 0 Å². The van der Waals surface area contributed by atoms with Crippen molar-refractivity contribution in [3.8, 4) is 0 Å². The van der Waals surface area contributed by atoms with E-state index in [1.165, 1.54) is 10.8 Å². The second-order valence-corrected chi connectivity index (χ2v) is 2.27. The SMILES string of the molecule is [NaH].[c]1ccc2ccccc2c1. The van der Waals surface area contributed by atoms with E-state index in [1.807, 2.05) is 24.3 Å². The van der Waals surface area contributed by atoms with Gasteiger partial charge in [0.15, 0.2) is 0 Å². The molecule has 0 bridgehead atoms. The first-order valence-electron chi connectivity index (χ1n) is 3.32. The van der Waals surface area contributed by atoms with Gasteiger partial charge in [0.2, 0.25) is 0 Å². The number of fused-ring (bicyclic) bond motifs is 1. The van der Waals surface area contributed by atoms with Gasteiger partial charge in [0.25, 0.3) is 0 Å². The van der Waals surface area contributed by atoms with Gasteiger partial charge in [-0.15, -0.1) is 0 Å². The normalized spacial score (nSPS) is 9.09. The molecule has 49 valence electrons. The molecule has 1 radical (unpaired) electrons. The smallest absolute Gasteiger partial charge is 0.0177 e. The van der Waals surface area contributed by atoms with Crippen molar-refractivity contribution in [2.24, 2.45) is 0 Å². The van der Waals surface area contributed by atoms with Crippen LogP contribution in [-0.2, 0) is 0 Å². The predicted molar refractivity (Wildman–Crippen MR) is 49.9 cm³/mol. The van der Waals surface area contributed by atoms with Gasteiger partial charge in [-0.25, -0.2) is 0 Å². The summed E-state index contributed by atoms with van der Waals surface area (Å²) in [6.07, 6.45) is 0. The second kappa shape index (κ2) is 3.91. The molecule has 0 saturated carbocycles. The molecule has 2 aromatic carbocycles. The molecule has 0 atom stereocenters. The third kappa shape index (κ3) is 1.84. The summed E-state index contributed by atoms with van der Waals surface area (Å²) in [6, 6.07) is 17.3. The van der Waals surface area contributed by atoms with Crippen molar-refractivity contribution in [1.82, 2.24) is 0 Å². The number of hydrogen-bond acceptors (Lipinski definition) is 0. The average Bonchev–Trinajstić information content (AvgIpc) is 2.05. The van der Waals surface area contributed by atoms with E-state index in [-0.39, 0.29) is 29.6 Å². The van der Waals surface area contributed by atoms with Gasteiger partial charge in [-0.2, -0.15) is 0 Å². The molecule has 0 aliphatic carbocycles. The van der Waals surface area contributed by atoms with Crippen LogP contribution in [0.1, 0.15) is 0 Å². The zero-order valence-corrected chi connectivity index (χ0v) is 5.54. The number of hydrogen-bond donors (Lipinski definition) is 0. The van der Waals surface area contributed by atoms with Crippen LogP contribution >= 0.6 is 0 Å². The molecule has 2 rings (SSSR count). The summed E-state index contributed by atoms with van der Waals surface area (Å²) in [4.78, 5) is 0. The van der Waals surface area contributed by atoms with Gasteiger partial charge in [-0.05, 0) is 22.9 Å². The Bertz CT molecular complexity index is 276. The molecule has 0 heterocycles. The summed E-state index contributed by atoms with van der Waals surface area (Å²) >= 11 is 0. The minimum absolute atomic E-state index is 0. The van der Waals surface area contributed by atoms with Gasteiger partial charge in [-0.1, -0.05) is 36.4 Å². The van der Waals surface area contributed by atoms with Crippen LogP contribution in [0, 0.1) is 6.07 Å². The molecule has 1 heteroatoms. The van der Waals surface area contributed by atoms with Crippen molar-refractivity contribution in [2.45, 2.75) is 0 Å². The molecule has 2 aromatic rings. The average molecular weight is 151 g/mol. The monoisotopic (exact) mass is 151 g/mol. The molecular formula is C10H8Na. The first-order valence-corrected chi connectivity index (χ1v) is 3.32. The second-order valence-electron chi connectivity index (χ2n) is 2.27. The first-order chi connectivity index (χ1) is 4.97. The third-order valence-electron chi connectivity index (χ3n) is 1.59. The molecule has 11 heavy (non-hydrogen) atoms. The Balaban J connectivity index is 0.000000605. The zero-order valence-electron chi connectivity index (χ0n) is 5.54. The van der Waals surface area contributed by atoms with Crippen LogP contribution in [0.25, 0.3) is 10.8 Å². The number of rotatable bonds is 0. The third-order valence-corrected chi connectivity index (χ3v) is 1.59. The maximum Gasteiger partial charge on any atom is -0.0177 e. The van der Waals surface area contributed by atoms with Crippen LogP contribution in [0.4, 0.5) is 0 Å². The van der Waals surface area contributed by atoms with E-state index in [0.717, 1.165) is 0 Å². The molecule has 0 saturated heterocycles. The Hall–Kier alpha value is -0.300. The van der Waals surface area contributed by atoms with Crippen molar-refractivity contribution >= 4 is 40.3 Å². The zero-order chi connectivity index (χ0) is 6.81. The largest absolute Gasteiger partial charge is 0.0616 e. The first kappa shape index (κ1) is 8.79. The maximum absolute atomic E-state index is 3.04. The minimum Gasteiger partial charge on any atom is -0.0616 e. The molecule has 0 spiro atoms. The predicted octanol–water partition coefficient (Wildman–Crippen LogP) is 1.99. The number of benzene rings is 2. The molecule has 0 aliphatic rings. The fourth-order valence-electron chi connectivity index (χ4n) is 1.07. The Labute approximate surface area is 88.5 Å². The summed E-state index contributed by atoms with van der Waals surface area (Å²) < 4.78 is 0. The van der Waals surface area contributed by atoms with Gasteiger partial charge < -0.3 is 0 Å². The summed E-state index contributed by atoms with van der Waals surface area (Å²) in [5.74, 6) is 0. The van der Waals surface area contributed by atoms with Crippen molar-refractivity contribution in [3.05, 3.63) is 48.5 Å². The van der Waals surface area contributed by atoms with E-state index >= 15 is 0 Å². The quantitative estimate of drug-likeness (QED) is 0.505. The van der Waals surface area contributed by atoms with E-state index in [1.54, 1.807) is 0 Å². The Morgan fingerprint density at radius 3 is 2.36 bits per heavy atom. The van der Waals surface area contributed by atoms with Gasteiger partial charge in [0.05, 0.1) is 0 Å². The van der Waals surface area contributed by atoms with Crippen LogP contribution < -0.4 is 0 Å². The van der Waals surface area contributed by atoms with Crippen molar-refractivity contribution in [2.75, 3.05) is 0 Å². The summed E-state index contributed by atoms with van der Waals surface area (Å²) in [5.41, 5.74) is 0. The van der Waals surface area contributed by atoms with E-state index in [2.05, 4.69) is 24.3 Å². The maximum atomic E-state index is 3.04. The van der Waals surface area contributed by atoms with E-state index < -0.39 is 0 Å². The Morgan fingerprint density at radius 2 is 1.64 bits per heavy atom. The van der Waals surface area contributed by atoms with Gasteiger partial charge in [-0.3, -0.25) is 0 Å². The van der Waals surface area contributed by atoms with Gasteiger partial charge in [0, 0.05) is 0 Å². The molecule has 0 fully saturated rings. The molecule has 0 unspecified atom stereocenters. The van der Waals surface area contributed by atoms with Gasteiger partial charge >= 0.3 is 29.6 Å².